The highest BCUT2D eigenvalue weighted by Crippen LogP contribution is 2.24. The third-order valence-electron chi connectivity index (χ3n) is 4.96. The summed E-state index contributed by atoms with van der Waals surface area (Å²) >= 11 is 0. The van der Waals surface area contributed by atoms with Crippen LogP contribution in [0.3, 0.4) is 0 Å². The molecule has 0 bridgehead atoms. The largest absolute Gasteiger partial charge is 0.389 e. The maximum Gasteiger partial charge on any atom is 0.224 e. The lowest BCUT2D eigenvalue weighted by Crippen LogP contribution is -2.13. The van der Waals surface area contributed by atoms with Gasteiger partial charge in [0.2, 0.25) is 5.91 Å². The molecule has 0 saturated heterocycles. The molecule has 0 aliphatic rings. The van der Waals surface area contributed by atoms with Gasteiger partial charge in [-0.3, -0.25) is 4.79 Å². The van der Waals surface area contributed by atoms with Crippen LogP contribution in [0, 0.1) is 0 Å². The minimum absolute atomic E-state index is 0.0108. The Balaban J connectivity index is 1.65. The van der Waals surface area contributed by atoms with Crippen LogP contribution >= 0.6 is 0 Å². The monoisotopic (exact) mass is 403 g/mol. The maximum atomic E-state index is 12.1. The number of unbranched alkanes of at least 4 members (excludes halogenated alkanes) is 1. The van der Waals surface area contributed by atoms with Gasteiger partial charge in [-0.05, 0) is 53.8 Å². The molecule has 1 amide bonds. The van der Waals surface area contributed by atoms with E-state index >= 15 is 0 Å². The van der Waals surface area contributed by atoms with Crippen LogP contribution in [0.15, 0.2) is 66.9 Å². The number of aliphatic hydroxyl groups excluding tert-OH is 1. The van der Waals surface area contributed by atoms with Gasteiger partial charge in [-0.2, -0.15) is 0 Å². The number of aromatic nitrogens is 1. The van der Waals surface area contributed by atoms with E-state index in [9.17, 15) is 9.90 Å². The Morgan fingerprint density at radius 2 is 1.87 bits per heavy atom. The second-order valence-electron chi connectivity index (χ2n) is 7.40. The van der Waals surface area contributed by atoms with Gasteiger partial charge in [0.15, 0.2) is 0 Å². The van der Waals surface area contributed by atoms with Gasteiger partial charge in [0, 0.05) is 19.2 Å². The predicted octanol–water partition coefficient (Wildman–Crippen LogP) is 5.54. The smallest absolute Gasteiger partial charge is 0.224 e. The van der Waals surface area contributed by atoms with E-state index in [0.717, 1.165) is 35.1 Å². The number of nitrogens with zero attached hydrogens (tertiary/aromatic N) is 1. The summed E-state index contributed by atoms with van der Waals surface area (Å²) < 4.78 is 0. The number of hydrogen-bond acceptors (Lipinski definition) is 4. The first-order valence-corrected chi connectivity index (χ1v) is 10.4. The molecule has 0 aliphatic carbocycles. The van der Waals surface area contributed by atoms with E-state index in [2.05, 4.69) is 46.8 Å². The van der Waals surface area contributed by atoms with Crippen molar-refractivity contribution in [1.29, 1.82) is 0 Å². The second kappa shape index (κ2) is 10.6. The number of hydrogen-bond donors (Lipinski definition) is 3. The molecule has 3 N–H and O–H groups in total. The van der Waals surface area contributed by atoms with Gasteiger partial charge < -0.3 is 15.7 Å². The topological polar surface area (TPSA) is 74.2 Å². The number of amides is 1. The second-order valence-corrected chi connectivity index (χ2v) is 7.40. The number of carbonyl (C=O) groups is 1. The molecule has 2 aromatic carbocycles. The lowest BCUT2D eigenvalue weighted by Gasteiger charge is -2.12. The fraction of sp³-hybridized carbons (Fsp3) is 0.280. The Kier molecular flexibility index (Phi) is 7.57. The number of pyridine rings is 1. The highest BCUT2D eigenvalue weighted by Gasteiger charge is 2.08. The van der Waals surface area contributed by atoms with Gasteiger partial charge in [-0.1, -0.05) is 55.8 Å². The van der Waals surface area contributed by atoms with Crippen LogP contribution in [-0.2, 0) is 11.3 Å². The maximum absolute atomic E-state index is 12.1. The average Bonchev–Trinajstić information content (AvgIpc) is 2.77. The molecule has 0 spiro atoms. The molecule has 30 heavy (non-hydrogen) atoms. The Morgan fingerprint density at radius 3 is 2.60 bits per heavy atom. The Labute approximate surface area is 178 Å². The normalized spacial score (nSPS) is 11.7. The van der Waals surface area contributed by atoms with Crippen LogP contribution in [0.1, 0.15) is 50.3 Å². The van der Waals surface area contributed by atoms with E-state index in [1.54, 1.807) is 13.1 Å². The highest BCUT2D eigenvalue weighted by atomic mass is 16.3. The van der Waals surface area contributed by atoms with E-state index < -0.39 is 6.10 Å². The fourth-order valence-corrected chi connectivity index (χ4v) is 3.18. The molecule has 1 atom stereocenters. The summed E-state index contributed by atoms with van der Waals surface area (Å²) in [5.41, 5.74) is 4.89. The standard InChI is InChI=1S/C25H29N3O2/c1-3-4-10-24(30)28-23-9-6-15-26-25(23)27-17-19-11-13-20(14-12-19)22-8-5-7-21(16-22)18(2)29/h5-9,11-16,18,29H,3-4,10,17H2,1-2H3,(H,26,27)(H,28,30). The number of benzene rings is 2. The molecule has 1 unspecified atom stereocenters. The van der Waals surface area contributed by atoms with E-state index in [1.165, 1.54) is 0 Å². The zero-order chi connectivity index (χ0) is 21.3. The Bertz CT molecular complexity index is 968. The SMILES string of the molecule is CCCCC(=O)Nc1cccnc1NCc1ccc(-c2cccc(C(C)O)c2)cc1. The quantitative estimate of drug-likeness (QED) is 0.438. The number of carbonyl (C=O) groups excluding carboxylic acids is 1. The minimum atomic E-state index is -0.483. The summed E-state index contributed by atoms with van der Waals surface area (Å²) in [6.45, 7) is 4.44. The van der Waals surface area contributed by atoms with Crippen molar-refractivity contribution in [2.24, 2.45) is 0 Å². The van der Waals surface area contributed by atoms with E-state index in [4.69, 9.17) is 0 Å². The van der Waals surface area contributed by atoms with Crippen LogP contribution in [-0.4, -0.2) is 16.0 Å². The summed E-state index contributed by atoms with van der Waals surface area (Å²) in [7, 11) is 0. The number of nitrogens with one attached hydrogen (secondary N) is 2. The summed E-state index contributed by atoms with van der Waals surface area (Å²) in [4.78, 5) is 16.4. The molecule has 5 heteroatoms. The molecule has 1 aromatic heterocycles. The predicted molar refractivity (Wildman–Crippen MR) is 122 cm³/mol. The van der Waals surface area contributed by atoms with Crippen LogP contribution in [0.25, 0.3) is 11.1 Å². The van der Waals surface area contributed by atoms with Crippen molar-refractivity contribution in [2.45, 2.75) is 45.8 Å². The molecule has 0 fully saturated rings. The Morgan fingerprint density at radius 1 is 1.07 bits per heavy atom. The van der Waals surface area contributed by atoms with E-state index in [-0.39, 0.29) is 5.91 Å². The molecule has 1 heterocycles. The molecule has 0 aliphatic heterocycles. The van der Waals surface area contributed by atoms with Gasteiger partial charge in [0.05, 0.1) is 11.8 Å². The molecular formula is C25H29N3O2. The number of aliphatic hydroxyl groups is 1. The molecule has 0 radical (unpaired) electrons. The summed E-state index contributed by atoms with van der Waals surface area (Å²) in [5, 5.41) is 16.1. The van der Waals surface area contributed by atoms with E-state index in [1.807, 2.05) is 36.4 Å². The van der Waals surface area contributed by atoms with Gasteiger partial charge in [-0.15, -0.1) is 0 Å². The van der Waals surface area contributed by atoms with Crippen molar-refractivity contribution in [2.75, 3.05) is 10.6 Å². The third-order valence-corrected chi connectivity index (χ3v) is 4.96. The summed E-state index contributed by atoms with van der Waals surface area (Å²) in [5.74, 6) is 0.674. The minimum Gasteiger partial charge on any atom is -0.389 e. The van der Waals surface area contributed by atoms with Crippen molar-refractivity contribution >= 4 is 17.4 Å². The highest BCUT2D eigenvalue weighted by molar-refractivity contribution is 5.93. The van der Waals surface area contributed by atoms with Crippen molar-refractivity contribution in [3.8, 4) is 11.1 Å². The van der Waals surface area contributed by atoms with Crippen LogP contribution in [0.2, 0.25) is 0 Å². The first-order chi connectivity index (χ1) is 14.6. The lowest BCUT2D eigenvalue weighted by molar-refractivity contribution is -0.116. The molecule has 3 aromatic rings. The Hall–Kier alpha value is -3.18. The van der Waals surface area contributed by atoms with Gasteiger partial charge in [-0.25, -0.2) is 4.98 Å². The molecule has 156 valence electrons. The van der Waals surface area contributed by atoms with Crippen LogP contribution in [0.4, 0.5) is 11.5 Å². The van der Waals surface area contributed by atoms with Crippen molar-refractivity contribution in [3.63, 3.8) is 0 Å². The lowest BCUT2D eigenvalue weighted by atomic mass is 10.00. The van der Waals surface area contributed by atoms with Crippen LogP contribution in [0.5, 0.6) is 0 Å². The first-order valence-electron chi connectivity index (χ1n) is 10.4. The summed E-state index contributed by atoms with van der Waals surface area (Å²) in [6, 6.07) is 19.9. The van der Waals surface area contributed by atoms with Crippen molar-refractivity contribution in [1.82, 2.24) is 4.98 Å². The van der Waals surface area contributed by atoms with Gasteiger partial charge >= 0.3 is 0 Å². The zero-order valence-corrected chi connectivity index (χ0v) is 17.6. The third kappa shape index (κ3) is 5.91. The van der Waals surface area contributed by atoms with Gasteiger partial charge in [0.25, 0.3) is 0 Å². The number of anilines is 2. The first kappa shape index (κ1) is 21.5. The van der Waals surface area contributed by atoms with Crippen molar-refractivity contribution < 1.29 is 9.90 Å². The molecular weight excluding hydrogens is 374 g/mol. The van der Waals surface area contributed by atoms with Crippen molar-refractivity contribution in [3.05, 3.63) is 78.0 Å². The summed E-state index contributed by atoms with van der Waals surface area (Å²) in [6.07, 6.45) is 3.61. The molecule has 5 nitrogen and oxygen atoms in total. The zero-order valence-electron chi connectivity index (χ0n) is 17.6. The number of rotatable bonds is 9. The van der Waals surface area contributed by atoms with Gasteiger partial charge in [0.1, 0.15) is 5.82 Å². The molecule has 0 saturated carbocycles. The fourth-order valence-electron chi connectivity index (χ4n) is 3.18. The average molecular weight is 404 g/mol. The van der Waals surface area contributed by atoms with Crippen LogP contribution < -0.4 is 10.6 Å². The van der Waals surface area contributed by atoms with E-state index in [0.29, 0.717) is 24.5 Å². The molecule has 3 rings (SSSR count).